The van der Waals surface area contributed by atoms with Gasteiger partial charge in [0.25, 0.3) is 0 Å². The van der Waals surface area contributed by atoms with Crippen molar-refractivity contribution in [1.29, 1.82) is 0 Å². The van der Waals surface area contributed by atoms with Crippen LogP contribution in [-0.2, 0) is 13.1 Å². The van der Waals surface area contributed by atoms with Crippen LogP contribution in [0.5, 0.6) is 0 Å². The first-order valence-electron chi connectivity index (χ1n) is 6.43. The van der Waals surface area contributed by atoms with Crippen LogP contribution in [0.3, 0.4) is 0 Å². The quantitative estimate of drug-likeness (QED) is 0.866. The molecule has 0 saturated heterocycles. The number of nitrogens with one attached hydrogen (secondary N) is 1. The van der Waals surface area contributed by atoms with Crippen molar-refractivity contribution < 1.29 is 8.81 Å². The minimum Gasteiger partial charge on any atom is -0.467 e. The highest BCUT2D eigenvalue weighted by Crippen LogP contribution is 2.19. The van der Waals surface area contributed by atoms with Gasteiger partial charge < -0.3 is 14.6 Å². The molecule has 1 aromatic heterocycles. The van der Waals surface area contributed by atoms with E-state index >= 15 is 0 Å². The van der Waals surface area contributed by atoms with Crippen molar-refractivity contribution in [1.82, 2.24) is 5.32 Å². The largest absolute Gasteiger partial charge is 0.467 e. The summed E-state index contributed by atoms with van der Waals surface area (Å²) in [6.45, 7) is 4.40. The lowest BCUT2D eigenvalue weighted by atomic mass is 10.2. The third-order valence-corrected chi connectivity index (χ3v) is 3.03. The lowest BCUT2D eigenvalue weighted by Crippen LogP contribution is -2.18. The Hall–Kier alpha value is -1.81. The summed E-state index contributed by atoms with van der Waals surface area (Å²) in [5, 5.41) is 3.27. The van der Waals surface area contributed by atoms with Crippen molar-refractivity contribution in [2.75, 3.05) is 18.5 Å². The molecule has 0 fully saturated rings. The van der Waals surface area contributed by atoms with Gasteiger partial charge in [0, 0.05) is 24.8 Å². The molecule has 2 rings (SSSR count). The Labute approximate surface area is 113 Å². The van der Waals surface area contributed by atoms with E-state index in [1.54, 1.807) is 12.3 Å². The molecular weight excluding hydrogens is 243 g/mol. The van der Waals surface area contributed by atoms with E-state index < -0.39 is 0 Å². The van der Waals surface area contributed by atoms with Crippen molar-refractivity contribution in [3.05, 3.63) is 53.7 Å². The van der Waals surface area contributed by atoms with Crippen LogP contribution >= 0.6 is 0 Å². The Morgan fingerprint density at radius 2 is 2.16 bits per heavy atom. The molecular formula is C15H19FN2O. The molecule has 0 unspecified atom stereocenters. The van der Waals surface area contributed by atoms with Crippen LogP contribution in [0.2, 0.25) is 0 Å². The molecule has 0 radical (unpaired) electrons. The summed E-state index contributed by atoms with van der Waals surface area (Å²) in [5.74, 6) is 0.685. The highest BCUT2D eigenvalue weighted by atomic mass is 19.1. The molecule has 4 heteroatoms. The van der Waals surface area contributed by atoms with Gasteiger partial charge >= 0.3 is 0 Å². The zero-order valence-electron chi connectivity index (χ0n) is 11.3. The normalized spacial score (nSPS) is 10.7. The fourth-order valence-corrected chi connectivity index (χ4v) is 1.94. The second-order valence-electron chi connectivity index (χ2n) is 4.49. The van der Waals surface area contributed by atoms with Gasteiger partial charge in [0.1, 0.15) is 11.6 Å². The summed E-state index contributed by atoms with van der Waals surface area (Å²) < 4.78 is 18.7. The number of anilines is 1. The minimum atomic E-state index is -0.225. The first-order chi connectivity index (χ1) is 9.20. The summed E-state index contributed by atoms with van der Waals surface area (Å²) in [4.78, 5) is 1.97. The molecule has 19 heavy (non-hydrogen) atoms. The summed E-state index contributed by atoms with van der Waals surface area (Å²) in [6.07, 6.45) is 1.70. The maximum absolute atomic E-state index is 13.2. The lowest BCUT2D eigenvalue weighted by Gasteiger charge is -2.18. The zero-order chi connectivity index (χ0) is 13.7. The number of halogens is 1. The molecule has 1 heterocycles. The number of hydrogen-bond acceptors (Lipinski definition) is 3. The van der Waals surface area contributed by atoms with Crippen LogP contribution in [0.4, 0.5) is 10.1 Å². The minimum absolute atomic E-state index is 0.225. The molecule has 2 aromatic rings. The van der Waals surface area contributed by atoms with Gasteiger partial charge in [0.2, 0.25) is 0 Å². The van der Waals surface area contributed by atoms with Crippen molar-refractivity contribution in [2.24, 2.45) is 0 Å². The molecule has 0 spiro atoms. The van der Waals surface area contributed by atoms with Crippen LogP contribution in [0.1, 0.15) is 18.2 Å². The van der Waals surface area contributed by atoms with Gasteiger partial charge in [-0.25, -0.2) is 4.39 Å². The van der Waals surface area contributed by atoms with Crippen molar-refractivity contribution in [3.8, 4) is 0 Å². The lowest BCUT2D eigenvalue weighted by molar-refractivity contribution is 0.500. The van der Waals surface area contributed by atoms with Gasteiger partial charge in [-0.1, -0.05) is 13.0 Å². The van der Waals surface area contributed by atoms with E-state index in [1.807, 2.05) is 24.1 Å². The number of hydrogen-bond donors (Lipinski definition) is 1. The maximum atomic E-state index is 13.2. The fraction of sp³-hybridized carbons (Fsp3) is 0.333. The topological polar surface area (TPSA) is 28.4 Å². The second kappa shape index (κ2) is 6.38. The van der Waals surface area contributed by atoms with Crippen LogP contribution in [0.25, 0.3) is 0 Å². The molecule has 102 valence electrons. The van der Waals surface area contributed by atoms with E-state index in [4.69, 9.17) is 4.42 Å². The van der Waals surface area contributed by atoms with Gasteiger partial charge in [-0.05, 0) is 30.8 Å². The van der Waals surface area contributed by atoms with Gasteiger partial charge in [0.15, 0.2) is 0 Å². The molecule has 0 aliphatic rings. The van der Waals surface area contributed by atoms with Crippen LogP contribution in [0, 0.1) is 5.82 Å². The predicted octanol–water partition coefficient (Wildman–Crippen LogP) is 3.16. The van der Waals surface area contributed by atoms with Gasteiger partial charge in [-0.15, -0.1) is 0 Å². The Morgan fingerprint density at radius 3 is 2.89 bits per heavy atom. The number of rotatable bonds is 6. The number of benzene rings is 1. The van der Waals surface area contributed by atoms with Crippen LogP contribution < -0.4 is 10.2 Å². The standard InChI is InChI=1S/C15H19FN2O/c1-3-17-10-12-7-8-19-15(12)11-18(2)14-6-4-5-13(16)9-14/h4-9,17H,3,10-11H2,1-2H3. The zero-order valence-corrected chi connectivity index (χ0v) is 11.3. The summed E-state index contributed by atoms with van der Waals surface area (Å²) >= 11 is 0. The van der Waals surface area contributed by atoms with Crippen LogP contribution in [-0.4, -0.2) is 13.6 Å². The smallest absolute Gasteiger partial charge is 0.127 e. The van der Waals surface area contributed by atoms with Gasteiger partial charge in [-0.3, -0.25) is 0 Å². The van der Waals surface area contributed by atoms with Gasteiger partial charge in [0.05, 0.1) is 12.8 Å². The van der Waals surface area contributed by atoms with Crippen molar-refractivity contribution in [2.45, 2.75) is 20.0 Å². The Balaban J connectivity index is 2.06. The molecule has 0 bridgehead atoms. The first-order valence-corrected chi connectivity index (χ1v) is 6.43. The van der Waals surface area contributed by atoms with E-state index in [-0.39, 0.29) is 5.82 Å². The summed E-state index contributed by atoms with van der Waals surface area (Å²) in [6, 6.07) is 8.53. The summed E-state index contributed by atoms with van der Waals surface area (Å²) in [7, 11) is 1.92. The third-order valence-electron chi connectivity index (χ3n) is 3.03. The van der Waals surface area contributed by atoms with Crippen molar-refractivity contribution >= 4 is 5.69 Å². The average Bonchev–Trinajstić information content (AvgIpc) is 2.83. The monoisotopic (exact) mass is 262 g/mol. The Kier molecular flexibility index (Phi) is 4.58. The van der Waals surface area contributed by atoms with E-state index in [1.165, 1.54) is 12.1 Å². The maximum Gasteiger partial charge on any atom is 0.127 e. The van der Waals surface area contributed by atoms with Crippen LogP contribution in [0.15, 0.2) is 41.0 Å². The molecule has 0 aliphatic heterocycles. The SMILES string of the molecule is CCNCc1ccoc1CN(C)c1cccc(F)c1. The van der Waals surface area contributed by atoms with E-state index in [9.17, 15) is 4.39 Å². The highest BCUT2D eigenvalue weighted by molar-refractivity contribution is 5.46. The first kappa shape index (κ1) is 13.6. The highest BCUT2D eigenvalue weighted by Gasteiger charge is 2.10. The van der Waals surface area contributed by atoms with E-state index in [0.29, 0.717) is 6.54 Å². The van der Waals surface area contributed by atoms with Gasteiger partial charge in [-0.2, -0.15) is 0 Å². The van der Waals surface area contributed by atoms with E-state index in [0.717, 1.165) is 30.1 Å². The second-order valence-corrected chi connectivity index (χ2v) is 4.49. The average molecular weight is 262 g/mol. The Bertz CT molecular complexity index is 524. The summed E-state index contributed by atoms with van der Waals surface area (Å²) in [5.41, 5.74) is 1.98. The number of nitrogens with zero attached hydrogens (tertiary/aromatic N) is 1. The molecule has 3 nitrogen and oxygen atoms in total. The molecule has 1 N–H and O–H groups in total. The predicted molar refractivity (Wildman–Crippen MR) is 74.6 cm³/mol. The van der Waals surface area contributed by atoms with E-state index in [2.05, 4.69) is 12.2 Å². The van der Waals surface area contributed by atoms with Crippen molar-refractivity contribution in [3.63, 3.8) is 0 Å². The molecule has 0 saturated carbocycles. The molecule has 0 amide bonds. The third kappa shape index (κ3) is 3.58. The Morgan fingerprint density at radius 1 is 1.32 bits per heavy atom. The molecule has 1 aromatic carbocycles. The fourth-order valence-electron chi connectivity index (χ4n) is 1.94. The molecule has 0 atom stereocenters. The number of furan rings is 1. The molecule has 0 aliphatic carbocycles.